The number of hydrogen-bond donors (Lipinski definition) is 0. The Morgan fingerprint density at radius 1 is 1.17 bits per heavy atom. The summed E-state index contributed by atoms with van der Waals surface area (Å²) in [7, 11) is 2.80. The first-order valence-electron chi connectivity index (χ1n) is 10.7. The number of allylic oxidation sites excluding steroid dienone is 1. The van der Waals surface area contributed by atoms with Gasteiger partial charge in [0.25, 0.3) is 5.56 Å². The quantitative estimate of drug-likeness (QED) is 0.446. The van der Waals surface area contributed by atoms with E-state index in [0.717, 1.165) is 5.56 Å². The first kappa shape index (κ1) is 25.0. The summed E-state index contributed by atoms with van der Waals surface area (Å²) in [5, 5.41) is 0.879. The van der Waals surface area contributed by atoms with Crippen molar-refractivity contribution in [3.8, 4) is 11.5 Å². The van der Waals surface area contributed by atoms with E-state index in [9.17, 15) is 9.59 Å². The van der Waals surface area contributed by atoms with E-state index in [1.807, 2.05) is 13.0 Å². The number of fused-ring (bicyclic) bond motifs is 1. The van der Waals surface area contributed by atoms with Crippen molar-refractivity contribution in [3.63, 3.8) is 0 Å². The van der Waals surface area contributed by atoms with E-state index in [4.69, 9.17) is 37.4 Å². The van der Waals surface area contributed by atoms with Gasteiger partial charge in [0.2, 0.25) is 0 Å². The highest BCUT2D eigenvalue weighted by Crippen LogP contribution is 2.37. The normalized spacial score (nSPS) is 15.5. The van der Waals surface area contributed by atoms with Crippen molar-refractivity contribution < 1.29 is 19.0 Å². The van der Waals surface area contributed by atoms with Gasteiger partial charge in [0.15, 0.2) is 4.80 Å². The van der Waals surface area contributed by atoms with Crippen molar-refractivity contribution in [1.82, 2.24) is 4.57 Å². The van der Waals surface area contributed by atoms with Gasteiger partial charge in [-0.05, 0) is 55.8 Å². The zero-order chi connectivity index (χ0) is 25.3. The average molecular weight is 533 g/mol. The molecule has 0 saturated carbocycles. The Morgan fingerprint density at radius 2 is 1.91 bits per heavy atom. The summed E-state index contributed by atoms with van der Waals surface area (Å²) < 4.78 is 18.0. The molecule has 1 aliphatic rings. The van der Waals surface area contributed by atoms with E-state index >= 15 is 0 Å². The van der Waals surface area contributed by atoms with Gasteiger partial charge >= 0.3 is 5.97 Å². The molecule has 0 aliphatic carbocycles. The van der Waals surface area contributed by atoms with Crippen molar-refractivity contribution in [3.05, 3.63) is 88.5 Å². The number of ether oxygens (including phenoxy) is 3. The molecule has 0 unspecified atom stereocenters. The van der Waals surface area contributed by atoms with Gasteiger partial charge < -0.3 is 14.2 Å². The van der Waals surface area contributed by atoms with Gasteiger partial charge in [0.1, 0.15) is 17.5 Å². The van der Waals surface area contributed by atoms with E-state index in [2.05, 4.69) is 4.99 Å². The van der Waals surface area contributed by atoms with Gasteiger partial charge in [-0.25, -0.2) is 9.79 Å². The Kier molecular flexibility index (Phi) is 7.35. The van der Waals surface area contributed by atoms with Crippen LogP contribution in [-0.2, 0) is 9.53 Å². The van der Waals surface area contributed by atoms with Crippen LogP contribution in [0.4, 0.5) is 0 Å². The standard InChI is InChI=1S/C25H22Cl2N2O5S/c1-5-34-19-8-6-14(10-17(19)27)11-20-23(30)29-22(16-12-15(26)7-9-18(16)32-3)21(24(31)33-4)13(2)28-25(29)35-20/h6-12,22H,5H2,1-4H3/b20-11-/t22-/m1/s1. The van der Waals surface area contributed by atoms with Crippen LogP contribution in [0.2, 0.25) is 10.0 Å². The molecule has 3 aromatic rings. The van der Waals surface area contributed by atoms with Gasteiger partial charge in [-0.1, -0.05) is 40.6 Å². The third-order valence-corrected chi connectivity index (χ3v) is 6.98. The van der Waals surface area contributed by atoms with Crippen LogP contribution in [0.25, 0.3) is 6.08 Å². The van der Waals surface area contributed by atoms with E-state index in [-0.39, 0.29) is 11.1 Å². The van der Waals surface area contributed by atoms with Gasteiger partial charge in [-0.2, -0.15) is 0 Å². The second kappa shape index (κ2) is 10.3. The number of carbonyl (C=O) groups is 1. The number of nitrogens with zero attached hydrogens (tertiary/aromatic N) is 2. The summed E-state index contributed by atoms with van der Waals surface area (Å²) in [5.41, 5.74) is 1.63. The van der Waals surface area contributed by atoms with E-state index in [0.29, 0.717) is 48.7 Å². The molecule has 1 aliphatic heterocycles. The Labute approximate surface area is 215 Å². The molecule has 182 valence electrons. The second-order valence-corrected chi connectivity index (χ2v) is 9.44. The van der Waals surface area contributed by atoms with E-state index in [1.54, 1.807) is 43.3 Å². The van der Waals surface area contributed by atoms with Crippen molar-refractivity contribution in [2.24, 2.45) is 4.99 Å². The van der Waals surface area contributed by atoms with Gasteiger partial charge in [0.05, 0.1) is 41.7 Å². The molecule has 0 radical (unpaired) electrons. The predicted molar refractivity (Wildman–Crippen MR) is 136 cm³/mol. The summed E-state index contributed by atoms with van der Waals surface area (Å²) in [5.74, 6) is 0.452. The lowest BCUT2D eigenvalue weighted by molar-refractivity contribution is -0.136. The lowest BCUT2D eigenvalue weighted by Crippen LogP contribution is -2.40. The number of hydrogen-bond acceptors (Lipinski definition) is 7. The molecular weight excluding hydrogens is 511 g/mol. The second-order valence-electron chi connectivity index (χ2n) is 7.58. The summed E-state index contributed by atoms with van der Waals surface area (Å²) >= 11 is 13.8. The Balaban J connectivity index is 1.96. The fourth-order valence-electron chi connectivity index (χ4n) is 3.94. The molecule has 1 atom stereocenters. The highest BCUT2D eigenvalue weighted by atomic mass is 35.5. The number of esters is 1. The average Bonchev–Trinajstić information content (AvgIpc) is 3.13. The number of rotatable bonds is 6. The molecule has 0 fully saturated rings. The molecule has 7 nitrogen and oxygen atoms in total. The van der Waals surface area contributed by atoms with Crippen LogP contribution in [0.1, 0.15) is 31.0 Å². The van der Waals surface area contributed by atoms with Gasteiger partial charge in [-0.3, -0.25) is 9.36 Å². The maximum absolute atomic E-state index is 13.7. The number of aromatic nitrogens is 1. The highest BCUT2D eigenvalue weighted by molar-refractivity contribution is 7.07. The molecule has 0 saturated heterocycles. The zero-order valence-electron chi connectivity index (χ0n) is 19.4. The minimum absolute atomic E-state index is 0.233. The summed E-state index contributed by atoms with van der Waals surface area (Å²) in [4.78, 5) is 31.5. The molecule has 0 N–H and O–H groups in total. The Bertz CT molecular complexity index is 1520. The fraction of sp³-hybridized carbons (Fsp3) is 0.240. The molecule has 2 heterocycles. The van der Waals surface area contributed by atoms with Crippen LogP contribution >= 0.6 is 34.5 Å². The lowest BCUT2D eigenvalue weighted by Gasteiger charge is -2.25. The first-order valence-corrected chi connectivity index (χ1v) is 12.2. The number of methoxy groups -OCH3 is 2. The van der Waals surface area contributed by atoms with Gasteiger partial charge in [-0.15, -0.1) is 0 Å². The SMILES string of the molecule is CCOc1ccc(/C=c2\sc3n(c2=O)[C@H](c2cc(Cl)ccc2OC)C(C(=O)OC)=C(C)N=3)cc1Cl. The van der Waals surface area contributed by atoms with E-state index < -0.39 is 12.0 Å². The zero-order valence-corrected chi connectivity index (χ0v) is 21.8. The maximum atomic E-state index is 13.7. The largest absolute Gasteiger partial charge is 0.496 e. The summed E-state index contributed by atoms with van der Waals surface area (Å²) in [6.45, 7) is 4.08. The topological polar surface area (TPSA) is 79.1 Å². The van der Waals surface area contributed by atoms with E-state index in [1.165, 1.54) is 30.1 Å². The Hall–Kier alpha value is -3.07. The molecular formula is C25H22Cl2N2O5S. The summed E-state index contributed by atoms with van der Waals surface area (Å²) in [6.07, 6.45) is 1.73. The molecule has 35 heavy (non-hydrogen) atoms. The number of thiazole rings is 1. The minimum atomic E-state index is -0.835. The summed E-state index contributed by atoms with van der Waals surface area (Å²) in [6, 6.07) is 9.52. The number of carbonyl (C=O) groups excluding carboxylic acids is 1. The van der Waals surface area contributed by atoms with Crippen molar-refractivity contribution >= 4 is 46.6 Å². The van der Waals surface area contributed by atoms with Crippen LogP contribution in [0, 0.1) is 0 Å². The van der Waals surface area contributed by atoms with Crippen LogP contribution in [0.5, 0.6) is 11.5 Å². The molecule has 0 bridgehead atoms. The third-order valence-electron chi connectivity index (χ3n) is 5.47. The maximum Gasteiger partial charge on any atom is 0.338 e. The third kappa shape index (κ3) is 4.74. The smallest absolute Gasteiger partial charge is 0.338 e. The number of halogens is 2. The monoisotopic (exact) mass is 532 g/mol. The molecule has 0 amide bonds. The minimum Gasteiger partial charge on any atom is -0.496 e. The molecule has 4 rings (SSSR count). The molecule has 0 spiro atoms. The van der Waals surface area contributed by atoms with Crippen LogP contribution in [0.15, 0.2) is 57.5 Å². The van der Waals surface area contributed by atoms with Crippen LogP contribution in [-0.4, -0.2) is 31.4 Å². The highest BCUT2D eigenvalue weighted by Gasteiger charge is 2.35. The predicted octanol–water partition coefficient (Wildman–Crippen LogP) is 4.12. The molecule has 2 aromatic carbocycles. The Morgan fingerprint density at radius 3 is 2.57 bits per heavy atom. The van der Waals surface area contributed by atoms with Crippen molar-refractivity contribution in [2.45, 2.75) is 19.9 Å². The molecule has 10 heteroatoms. The first-order chi connectivity index (χ1) is 16.8. The van der Waals surface area contributed by atoms with Crippen LogP contribution in [0.3, 0.4) is 0 Å². The lowest BCUT2D eigenvalue weighted by atomic mass is 9.95. The van der Waals surface area contributed by atoms with Crippen molar-refractivity contribution in [2.75, 3.05) is 20.8 Å². The van der Waals surface area contributed by atoms with Crippen LogP contribution < -0.4 is 24.4 Å². The van der Waals surface area contributed by atoms with Crippen molar-refractivity contribution in [1.29, 1.82) is 0 Å². The van der Waals surface area contributed by atoms with Gasteiger partial charge in [0, 0.05) is 10.6 Å². The number of benzene rings is 2. The molecule has 1 aromatic heterocycles. The fourth-order valence-corrected chi connectivity index (χ4v) is 5.41.